The number of aliphatic carboxylic acids is 1. The number of rotatable bonds is 7. The predicted molar refractivity (Wildman–Crippen MR) is 95.2 cm³/mol. The Balaban J connectivity index is 1.68. The van der Waals surface area contributed by atoms with Crippen molar-refractivity contribution in [1.29, 1.82) is 0 Å². The molecule has 0 spiro atoms. The minimum Gasteiger partial charge on any atom is -0.479 e. The summed E-state index contributed by atoms with van der Waals surface area (Å²) in [7, 11) is 0. The van der Waals surface area contributed by atoms with Crippen LogP contribution < -0.4 is 5.32 Å². The molecule has 1 fully saturated rings. The van der Waals surface area contributed by atoms with E-state index < -0.39 is 16.9 Å². The summed E-state index contributed by atoms with van der Waals surface area (Å²) >= 11 is 0. The molecule has 144 valence electrons. The summed E-state index contributed by atoms with van der Waals surface area (Å²) in [5.41, 5.74) is -0.487. The van der Waals surface area contributed by atoms with Crippen LogP contribution in [0.2, 0.25) is 0 Å². The number of carbonyl (C=O) groups excluding carboxylic acids is 1. The molecule has 3 rings (SSSR count). The zero-order valence-electron chi connectivity index (χ0n) is 15.5. The lowest BCUT2D eigenvalue weighted by Gasteiger charge is -2.58. The van der Waals surface area contributed by atoms with Crippen molar-refractivity contribution in [2.24, 2.45) is 5.41 Å². The molecule has 0 bridgehead atoms. The molecule has 2 aromatic rings. The summed E-state index contributed by atoms with van der Waals surface area (Å²) in [4.78, 5) is 24.5. The second-order valence-electron chi connectivity index (χ2n) is 7.23. The third-order valence-electron chi connectivity index (χ3n) is 5.40. The van der Waals surface area contributed by atoms with Crippen LogP contribution >= 0.6 is 0 Å². The predicted octanol–water partition coefficient (Wildman–Crippen LogP) is 0.979. The quantitative estimate of drug-likeness (QED) is 0.742. The van der Waals surface area contributed by atoms with Gasteiger partial charge < -0.3 is 15.2 Å². The second kappa shape index (κ2) is 7.07. The van der Waals surface area contributed by atoms with Gasteiger partial charge in [-0.3, -0.25) is 4.79 Å². The molecule has 0 aliphatic heterocycles. The minimum absolute atomic E-state index is 0.0836. The summed E-state index contributed by atoms with van der Waals surface area (Å²) < 4.78 is 7.12. The van der Waals surface area contributed by atoms with E-state index >= 15 is 0 Å². The van der Waals surface area contributed by atoms with E-state index in [0.29, 0.717) is 6.61 Å². The first-order valence-corrected chi connectivity index (χ1v) is 8.78. The average molecular weight is 373 g/mol. The Hall–Kier alpha value is -2.81. The molecule has 1 heterocycles. The molecular weight excluding hydrogens is 350 g/mol. The van der Waals surface area contributed by atoms with Crippen molar-refractivity contribution in [1.82, 2.24) is 25.5 Å². The van der Waals surface area contributed by atoms with Gasteiger partial charge in [0.25, 0.3) is 0 Å². The topological polar surface area (TPSA) is 119 Å². The number of ether oxygens (including phenoxy) is 1. The summed E-state index contributed by atoms with van der Waals surface area (Å²) in [5, 5.41) is 23.5. The normalized spacial score (nSPS) is 23.4. The molecule has 0 saturated heterocycles. The van der Waals surface area contributed by atoms with E-state index in [0.717, 1.165) is 11.3 Å². The number of tetrazole rings is 1. The van der Waals surface area contributed by atoms with Gasteiger partial charge in [-0.1, -0.05) is 26.0 Å². The van der Waals surface area contributed by atoms with Crippen LogP contribution in [-0.4, -0.2) is 55.4 Å². The smallest absolute Gasteiger partial charge is 0.330 e. The number of carboxylic acids is 1. The third kappa shape index (κ3) is 3.30. The van der Waals surface area contributed by atoms with E-state index in [9.17, 15) is 14.7 Å². The van der Waals surface area contributed by atoms with Crippen molar-refractivity contribution in [3.8, 4) is 5.69 Å². The van der Waals surface area contributed by atoms with Crippen LogP contribution in [0.15, 0.2) is 30.6 Å². The highest BCUT2D eigenvalue weighted by atomic mass is 16.5. The molecule has 9 nitrogen and oxygen atoms in total. The highest BCUT2D eigenvalue weighted by Crippen LogP contribution is 2.51. The molecule has 0 radical (unpaired) electrons. The maximum Gasteiger partial charge on any atom is 0.330 e. The molecule has 2 N–H and O–H groups in total. The largest absolute Gasteiger partial charge is 0.479 e. The number of benzene rings is 1. The van der Waals surface area contributed by atoms with E-state index in [2.05, 4.69) is 20.8 Å². The van der Waals surface area contributed by atoms with Gasteiger partial charge in [-0.25, -0.2) is 9.48 Å². The van der Waals surface area contributed by atoms with Crippen molar-refractivity contribution in [3.63, 3.8) is 0 Å². The highest BCUT2D eigenvalue weighted by molar-refractivity contribution is 5.90. The molecule has 1 aliphatic carbocycles. The van der Waals surface area contributed by atoms with Gasteiger partial charge in [0.05, 0.1) is 18.2 Å². The average Bonchev–Trinajstić information content (AvgIpc) is 3.15. The van der Waals surface area contributed by atoms with Crippen molar-refractivity contribution < 1.29 is 19.4 Å². The summed E-state index contributed by atoms with van der Waals surface area (Å²) in [5.74, 6) is -1.37. The van der Waals surface area contributed by atoms with Gasteiger partial charge in [0.2, 0.25) is 5.91 Å². The Labute approximate surface area is 156 Å². The monoisotopic (exact) mass is 373 g/mol. The van der Waals surface area contributed by atoms with Gasteiger partial charge >= 0.3 is 5.97 Å². The van der Waals surface area contributed by atoms with Crippen molar-refractivity contribution in [2.45, 2.75) is 45.3 Å². The first-order valence-electron chi connectivity index (χ1n) is 8.78. The van der Waals surface area contributed by atoms with Crippen LogP contribution in [0.4, 0.5) is 0 Å². The lowest BCUT2D eigenvalue weighted by atomic mass is 9.54. The van der Waals surface area contributed by atoms with Crippen LogP contribution in [0.3, 0.4) is 0 Å². The van der Waals surface area contributed by atoms with Crippen LogP contribution in [0.1, 0.15) is 32.8 Å². The lowest BCUT2D eigenvalue weighted by molar-refractivity contribution is -0.194. The van der Waals surface area contributed by atoms with Crippen molar-refractivity contribution >= 4 is 11.9 Å². The molecule has 27 heavy (non-hydrogen) atoms. The van der Waals surface area contributed by atoms with Gasteiger partial charge in [0.1, 0.15) is 11.9 Å². The van der Waals surface area contributed by atoms with Crippen molar-refractivity contribution in [2.75, 3.05) is 6.61 Å². The number of nitrogens with one attached hydrogen (secondary N) is 1. The zero-order chi connectivity index (χ0) is 19.7. The number of carboxylic acid groups (broad SMARTS) is 1. The van der Waals surface area contributed by atoms with E-state index in [1.807, 2.05) is 20.8 Å². The van der Waals surface area contributed by atoms with Gasteiger partial charge in [0, 0.05) is 18.4 Å². The SMILES string of the molecule is CCOC1CC(NC(=O)Cc2ccc(-n3cnnn3)cc2)(C(=O)O)C1(C)C. The van der Waals surface area contributed by atoms with E-state index in [1.165, 1.54) is 11.0 Å². The fraction of sp³-hybridized carbons (Fsp3) is 0.500. The number of hydrogen-bond acceptors (Lipinski definition) is 6. The lowest BCUT2D eigenvalue weighted by Crippen LogP contribution is -2.76. The van der Waals surface area contributed by atoms with E-state index in [1.54, 1.807) is 24.3 Å². The molecule has 1 saturated carbocycles. The van der Waals surface area contributed by atoms with Crippen molar-refractivity contribution in [3.05, 3.63) is 36.2 Å². The van der Waals surface area contributed by atoms with Gasteiger partial charge in [-0.05, 0) is 35.0 Å². The zero-order valence-corrected chi connectivity index (χ0v) is 15.5. The molecule has 9 heteroatoms. The van der Waals surface area contributed by atoms with Gasteiger partial charge in [-0.15, -0.1) is 5.10 Å². The second-order valence-corrected chi connectivity index (χ2v) is 7.23. The Morgan fingerprint density at radius 3 is 2.56 bits per heavy atom. The number of carbonyl (C=O) groups is 2. The number of aromatic nitrogens is 4. The van der Waals surface area contributed by atoms with Crippen LogP contribution in [0, 0.1) is 5.41 Å². The Bertz CT molecular complexity index is 819. The standard InChI is InChI=1S/C18H23N5O4/c1-4-27-14-10-18(16(25)26,17(14,2)3)20-15(24)9-12-5-7-13(8-6-12)23-11-19-21-22-23/h5-8,11,14H,4,9-10H2,1-3H3,(H,20,24)(H,25,26). The number of nitrogens with zero attached hydrogens (tertiary/aromatic N) is 4. The molecule has 1 aromatic heterocycles. The first kappa shape index (κ1) is 19.0. The molecule has 2 atom stereocenters. The summed E-state index contributed by atoms with van der Waals surface area (Å²) in [6.07, 6.45) is 1.62. The molecule has 1 amide bonds. The molecule has 1 aliphatic rings. The minimum atomic E-state index is -1.32. The van der Waals surface area contributed by atoms with Crippen LogP contribution in [-0.2, 0) is 20.7 Å². The maximum absolute atomic E-state index is 12.5. The van der Waals surface area contributed by atoms with E-state index in [-0.39, 0.29) is 24.9 Å². The van der Waals surface area contributed by atoms with Gasteiger partial charge in [-0.2, -0.15) is 0 Å². The third-order valence-corrected chi connectivity index (χ3v) is 5.40. The molecule has 2 unspecified atom stereocenters. The number of hydrogen-bond donors (Lipinski definition) is 2. The fourth-order valence-corrected chi connectivity index (χ4v) is 3.55. The fourth-order valence-electron chi connectivity index (χ4n) is 3.55. The Morgan fingerprint density at radius 1 is 1.33 bits per heavy atom. The summed E-state index contributed by atoms with van der Waals surface area (Å²) in [6.45, 7) is 6.00. The van der Waals surface area contributed by atoms with Gasteiger partial charge in [0.15, 0.2) is 0 Å². The maximum atomic E-state index is 12.5. The van der Waals surface area contributed by atoms with Crippen LogP contribution in [0.25, 0.3) is 5.69 Å². The molecular formula is C18H23N5O4. The Morgan fingerprint density at radius 2 is 2.04 bits per heavy atom. The highest BCUT2D eigenvalue weighted by Gasteiger charge is 2.66. The van der Waals surface area contributed by atoms with E-state index in [4.69, 9.17) is 4.74 Å². The van der Waals surface area contributed by atoms with Crippen LogP contribution in [0.5, 0.6) is 0 Å². The Kier molecular flexibility index (Phi) is 4.97. The number of amides is 1. The molecule has 1 aromatic carbocycles. The first-order chi connectivity index (χ1) is 12.8. The summed E-state index contributed by atoms with van der Waals surface area (Å²) in [6, 6.07) is 7.17.